The van der Waals surface area contributed by atoms with E-state index in [0.29, 0.717) is 11.6 Å². The molecule has 0 aliphatic rings. The number of nitrogens with two attached hydrogens (primary N) is 1. The first-order valence-electron chi connectivity index (χ1n) is 4.74. The number of rotatable bonds is 3. The Bertz CT molecular complexity index is 490. The average molecular weight is 252 g/mol. The summed E-state index contributed by atoms with van der Waals surface area (Å²) in [5, 5.41) is 9.42. The van der Waals surface area contributed by atoms with Gasteiger partial charge in [0, 0.05) is 23.2 Å². The van der Waals surface area contributed by atoms with Gasteiger partial charge in [-0.15, -0.1) is 5.10 Å². The zero-order valence-electron chi connectivity index (χ0n) is 8.43. The molecule has 0 aliphatic carbocycles. The minimum absolute atomic E-state index is 0.447. The van der Waals surface area contributed by atoms with Gasteiger partial charge in [-0.2, -0.15) is 5.10 Å². The normalized spacial score (nSPS) is 10.4. The van der Waals surface area contributed by atoms with E-state index in [1.54, 1.807) is 6.20 Å². The van der Waals surface area contributed by atoms with Crippen molar-refractivity contribution in [3.05, 3.63) is 47.1 Å². The van der Waals surface area contributed by atoms with Crippen LogP contribution in [0.5, 0.6) is 0 Å². The van der Waals surface area contributed by atoms with Crippen LogP contribution in [-0.4, -0.2) is 10.2 Å². The number of nitrogens with zero attached hydrogens (tertiary/aromatic N) is 2. The molecule has 0 spiro atoms. The van der Waals surface area contributed by atoms with Crippen molar-refractivity contribution in [1.29, 1.82) is 0 Å². The molecule has 0 fully saturated rings. The second kappa shape index (κ2) is 5.30. The van der Waals surface area contributed by atoms with E-state index in [4.69, 9.17) is 17.3 Å². The van der Waals surface area contributed by atoms with Crippen molar-refractivity contribution in [2.24, 2.45) is 5.73 Å². The van der Waals surface area contributed by atoms with E-state index in [-0.39, 0.29) is 0 Å². The Morgan fingerprint density at radius 3 is 2.81 bits per heavy atom. The summed E-state index contributed by atoms with van der Waals surface area (Å²) in [5.74, 6) is 0. The van der Waals surface area contributed by atoms with E-state index in [0.717, 1.165) is 15.5 Å². The van der Waals surface area contributed by atoms with Crippen molar-refractivity contribution < 1.29 is 0 Å². The highest BCUT2D eigenvalue weighted by Crippen LogP contribution is 2.32. The second-order valence-corrected chi connectivity index (χ2v) is 4.54. The van der Waals surface area contributed by atoms with Crippen molar-refractivity contribution >= 4 is 23.4 Å². The average Bonchev–Trinajstić information content (AvgIpc) is 2.33. The summed E-state index contributed by atoms with van der Waals surface area (Å²) in [6.07, 6.45) is 1.64. The smallest absolute Gasteiger partial charge is 0.128 e. The Kier molecular flexibility index (Phi) is 3.77. The van der Waals surface area contributed by atoms with Crippen molar-refractivity contribution in [2.45, 2.75) is 16.5 Å². The van der Waals surface area contributed by atoms with Crippen LogP contribution in [0.4, 0.5) is 0 Å². The molecule has 0 aliphatic heterocycles. The lowest BCUT2D eigenvalue weighted by atomic mass is 10.3. The van der Waals surface area contributed by atoms with Gasteiger partial charge in [0.05, 0.1) is 5.02 Å². The Morgan fingerprint density at radius 1 is 1.25 bits per heavy atom. The molecule has 0 bridgehead atoms. The largest absolute Gasteiger partial charge is 0.326 e. The van der Waals surface area contributed by atoms with Gasteiger partial charge in [-0.05, 0) is 18.2 Å². The Labute approximate surface area is 103 Å². The van der Waals surface area contributed by atoms with Gasteiger partial charge in [0.15, 0.2) is 0 Å². The lowest BCUT2D eigenvalue weighted by Crippen LogP contribution is -2.00. The molecule has 16 heavy (non-hydrogen) atoms. The predicted octanol–water partition coefficient (Wildman–Crippen LogP) is 2.74. The molecule has 1 heterocycles. The highest BCUT2D eigenvalue weighted by atomic mass is 35.5. The summed E-state index contributed by atoms with van der Waals surface area (Å²) in [7, 11) is 0. The maximum atomic E-state index is 6.07. The third-order valence-corrected chi connectivity index (χ3v) is 3.58. The van der Waals surface area contributed by atoms with Crippen molar-refractivity contribution in [3.8, 4) is 0 Å². The van der Waals surface area contributed by atoms with Gasteiger partial charge in [-0.1, -0.05) is 35.5 Å². The maximum Gasteiger partial charge on any atom is 0.128 e. The maximum absolute atomic E-state index is 6.07. The molecule has 3 nitrogen and oxygen atoms in total. The number of benzene rings is 1. The topological polar surface area (TPSA) is 51.8 Å². The van der Waals surface area contributed by atoms with Gasteiger partial charge >= 0.3 is 0 Å². The summed E-state index contributed by atoms with van der Waals surface area (Å²) in [4.78, 5) is 0.958. The minimum Gasteiger partial charge on any atom is -0.326 e. The third kappa shape index (κ3) is 2.52. The minimum atomic E-state index is 0.447. The number of aromatic nitrogens is 2. The Hall–Kier alpha value is -1.10. The molecule has 2 rings (SSSR count). The van der Waals surface area contributed by atoms with Crippen LogP contribution >= 0.6 is 23.4 Å². The van der Waals surface area contributed by atoms with Crippen molar-refractivity contribution in [3.63, 3.8) is 0 Å². The standard InChI is InChI=1S/C11H10ClN3S/c12-9-3-1-2-4-10(9)16-11-8(7-13)5-6-14-15-11/h1-6H,7,13H2. The van der Waals surface area contributed by atoms with Crippen molar-refractivity contribution in [1.82, 2.24) is 10.2 Å². The van der Waals surface area contributed by atoms with Crippen LogP contribution in [0.3, 0.4) is 0 Å². The molecule has 0 atom stereocenters. The zero-order valence-corrected chi connectivity index (χ0v) is 10.0. The molecule has 82 valence electrons. The Morgan fingerprint density at radius 2 is 2.06 bits per heavy atom. The van der Waals surface area contributed by atoms with E-state index in [1.807, 2.05) is 30.3 Å². The van der Waals surface area contributed by atoms with E-state index < -0.39 is 0 Å². The molecule has 0 unspecified atom stereocenters. The van der Waals surface area contributed by atoms with Crippen LogP contribution in [0, 0.1) is 0 Å². The predicted molar refractivity (Wildman–Crippen MR) is 65.5 cm³/mol. The van der Waals surface area contributed by atoms with Crippen molar-refractivity contribution in [2.75, 3.05) is 0 Å². The highest BCUT2D eigenvalue weighted by molar-refractivity contribution is 7.99. The number of hydrogen-bond donors (Lipinski definition) is 1. The molecular weight excluding hydrogens is 242 g/mol. The summed E-state index contributed by atoms with van der Waals surface area (Å²) in [5.41, 5.74) is 6.60. The first kappa shape index (κ1) is 11.4. The molecular formula is C11H10ClN3S. The zero-order chi connectivity index (χ0) is 11.4. The van der Waals surface area contributed by atoms with Gasteiger partial charge in [-0.3, -0.25) is 0 Å². The van der Waals surface area contributed by atoms with E-state index in [1.165, 1.54) is 11.8 Å². The summed E-state index contributed by atoms with van der Waals surface area (Å²) >= 11 is 7.55. The molecule has 0 saturated carbocycles. The van der Waals surface area contributed by atoms with E-state index >= 15 is 0 Å². The molecule has 1 aromatic heterocycles. The van der Waals surface area contributed by atoms with Crippen LogP contribution in [0.1, 0.15) is 5.56 Å². The van der Waals surface area contributed by atoms with Gasteiger partial charge in [0.1, 0.15) is 5.03 Å². The Balaban J connectivity index is 2.30. The molecule has 0 amide bonds. The fraction of sp³-hybridized carbons (Fsp3) is 0.0909. The van der Waals surface area contributed by atoms with Gasteiger partial charge in [0.25, 0.3) is 0 Å². The monoisotopic (exact) mass is 251 g/mol. The van der Waals surface area contributed by atoms with Crippen LogP contribution in [0.2, 0.25) is 5.02 Å². The first-order valence-corrected chi connectivity index (χ1v) is 5.93. The summed E-state index contributed by atoms with van der Waals surface area (Å²) in [6, 6.07) is 9.50. The molecule has 2 aromatic rings. The number of halogens is 1. The summed E-state index contributed by atoms with van der Waals surface area (Å²) in [6.45, 7) is 0.447. The molecule has 0 radical (unpaired) electrons. The quantitative estimate of drug-likeness (QED) is 0.911. The van der Waals surface area contributed by atoms with Crippen LogP contribution in [0.25, 0.3) is 0 Å². The van der Waals surface area contributed by atoms with Crippen LogP contribution in [0.15, 0.2) is 46.5 Å². The second-order valence-electron chi connectivity index (χ2n) is 3.10. The van der Waals surface area contributed by atoms with E-state index in [2.05, 4.69) is 10.2 Å². The molecule has 5 heteroatoms. The lowest BCUT2D eigenvalue weighted by Gasteiger charge is -2.05. The SMILES string of the molecule is NCc1ccnnc1Sc1ccccc1Cl. The third-order valence-electron chi connectivity index (χ3n) is 2.03. The lowest BCUT2D eigenvalue weighted by molar-refractivity contribution is 0.866. The van der Waals surface area contributed by atoms with Crippen LogP contribution in [-0.2, 0) is 6.54 Å². The summed E-state index contributed by atoms with van der Waals surface area (Å²) < 4.78 is 0. The molecule has 0 saturated heterocycles. The van der Waals surface area contributed by atoms with E-state index in [9.17, 15) is 0 Å². The molecule has 1 aromatic carbocycles. The van der Waals surface area contributed by atoms with Gasteiger partial charge < -0.3 is 5.73 Å². The number of hydrogen-bond acceptors (Lipinski definition) is 4. The fourth-order valence-corrected chi connectivity index (χ4v) is 2.36. The van der Waals surface area contributed by atoms with Crippen LogP contribution < -0.4 is 5.73 Å². The highest BCUT2D eigenvalue weighted by Gasteiger charge is 2.07. The fourth-order valence-electron chi connectivity index (χ4n) is 1.22. The first-order chi connectivity index (χ1) is 7.81. The molecule has 2 N–H and O–H groups in total. The van der Waals surface area contributed by atoms with Gasteiger partial charge in [0.2, 0.25) is 0 Å². The van der Waals surface area contributed by atoms with Gasteiger partial charge in [-0.25, -0.2) is 0 Å².